The lowest BCUT2D eigenvalue weighted by Gasteiger charge is -2.22. The summed E-state index contributed by atoms with van der Waals surface area (Å²) in [6.45, 7) is 5.54. The summed E-state index contributed by atoms with van der Waals surface area (Å²) in [6.07, 6.45) is 5.93. The second-order valence-electron chi connectivity index (χ2n) is 15.4. The summed E-state index contributed by atoms with van der Waals surface area (Å²) in [7, 11) is 0. The molecule has 280 valence electrons. The van der Waals surface area contributed by atoms with E-state index < -0.39 is 0 Å². The highest BCUT2D eigenvalue weighted by Crippen LogP contribution is 2.45. The average molecular weight is 737 g/mol. The smallest absolute Gasteiger partial charge is 0.126 e. The molecule has 0 unspecified atom stereocenters. The van der Waals surface area contributed by atoms with E-state index in [4.69, 9.17) is 9.47 Å². The van der Waals surface area contributed by atoms with Crippen LogP contribution in [-0.4, -0.2) is 23.4 Å². The number of ether oxygens (including phenoxy) is 2. The van der Waals surface area contributed by atoms with Gasteiger partial charge in [-0.05, 0) is 102 Å². The summed E-state index contributed by atoms with van der Waals surface area (Å²) in [5.41, 5.74) is 7.89. The lowest BCUT2D eigenvalue weighted by molar-refractivity contribution is 0.304. The maximum absolute atomic E-state index is 12.6. The van der Waals surface area contributed by atoms with Crippen LogP contribution >= 0.6 is 0 Å². The van der Waals surface area contributed by atoms with Crippen LogP contribution in [0.25, 0.3) is 43.1 Å². The Kier molecular flexibility index (Phi) is 9.73. The molecule has 8 aromatic rings. The summed E-state index contributed by atoms with van der Waals surface area (Å²) in [5.74, 6) is 2.30. The van der Waals surface area contributed by atoms with Crippen molar-refractivity contribution in [2.24, 2.45) is 0 Å². The third kappa shape index (κ3) is 6.47. The zero-order valence-corrected chi connectivity index (χ0v) is 32.3. The van der Waals surface area contributed by atoms with Gasteiger partial charge in [0.1, 0.15) is 23.0 Å². The summed E-state index contributed by atoms with van der Waals surface area (Å²) < 4.78 is 13.7. The van der Waals surface area contributed by atoms with Crippen molar-refractivity contribution in [1.82, 2.24) is 0 Å². The molecule has 4 nitrogen and oxygen atoms in total. The van der Waals surface area contributed by atoms with E-state index in [1.54, 1.807) is 0 Å². The Morgan fingerprint density at radius 1 is 0.429 bits per heavy atom. The van der Waals surface area contributed by atoms with E-state index in [2.05, 4.69) is 129 Å². The molecule has 56 heavy (non-hydrogen) atoms. The van der Waals surface area contributed by atoms with E-state index in [9.17, 15) is 10.2 Å². The first-order valence-corrected chi connectivity index (χ1v) is 20.3. The number of hydrogen-bond donors (Lipinski definition) is 2. The van der Waals surface area contributed by atoms with Crippen LogP contribution in [0.5, 0.6) is 23.0 Å². The van der Waals surface area contributed by atoms with Gasteiger partial charge >= 0.3 is 0 Å². The third-order valence-corrected chi connectivity index (χ3v) is 11.7. The minimum Gasteiger partial charge on any atom is -0.508 e. The molecule has 0 amide bonds. The van der Waals surface area contributed by atoms with Crippen molar-refractivity contribution >= 4 is 43.1 Å². The Morgan fingerprint density at radius 2 is 0.857 bits per heavy atom. The standard InChI is InChI=1S/C52H48O4/c1-3-5-23-55-51-38-26-34-16-9-12-20-42(34)48(51)32-46-40-18-10-7-15-33(40)25-37(50(46)54)29-39-27-35-17-8-11-19-41(35)47(52(39)56-24-6-4-2)31-45-44-22-14-13-21-43(44)36(28-38)30-49(45)53/h7-22,25-27,30,53-54H,3-6,23-24,28-29,31-32H2,1-2H3. The van der Waals surface area contributed by atoms with Gasteiger partial charge in [-0.2, -0.15) is 0 Å². The Hall–Kier alpha value is -6.00. The first kappa shape index (κ1) is 35.7. The maximum atomic E-state index is 12.6. The lowest BCUT2D eigenvalue weighted by atomic mass is 9.87. The van der Waals surface area contributed by atoms with E-state index in [0.29, 0.717) is 44.6 Å². The molecule has 0 radical (unpaired) electrons. The van der Waals surface area contributed by atoms with Gasteiger partial charge in [0.2, 0.25) is 0 Å². The summed E-state index contributed by atoms with van der Waals surface area (Å²) >= 11 is 0. The molecule has 8 bridgehead atoms. The van der Waals surface area contributed by atoms with E-state index in [1.807, 2.05) is 6.07 Å². The molecular formula is C52H48O4. The summed E-state index contributed by atoms with van der Waals surface area (Å²) in [6, 6.07) is 42.5. The number of benzene rings is 8. The van der Waals surface area contributed by atoms with Crippen LogP contribution in [0.15, 0.2) is 121 Å². The van der Waals surface area contributed by atoms with Crippen LogP contribution in [0.3, 0.4) is 0 Å². The molecule has 10 rings (SSSR count). The zero-order valence-electron chi connectivity index (χ0n) is 32.3. The highest BCUT2D eigenvalue weighted by Gasteiger charge is 2.25. The highest BCUT2D eigenvalue weighted by molar-refractivity contribution is 5.96. The molecule has 0 aliphatic heterocycles. The second-order valence-corrected chi connectivity index (χ2v) is 15.4. The monoisotopic (exact) mass is 736 g/mol. The zero-order chi connectivity index (χ0) is 38.2. The fourth-order valence-corrected chi connectivity index (χ4v) is 8.92. The van der Waals surface area contributed by atoms with Crippen molar-refractivity contribution in [1.29, 1.82) is 0 Å². The predicted octanol–water partition coefficient (Wildman–Crippen LogP) is 12.7. The number of phenolic OH excluding ortho intramolecular Hbond substituents is 2. The van der Waals surface area contributed by atoms with Gasteiger partial charge in [-0.15, -0.1) is 0 Å². The van der Waals surface area contributed by atoms with Crippen LogP contribution < -0.4 is 9.47 Å². The number of hydrogen-bond acceptors (Lipinski definition) is 4. The SMILES string of the molecule is CCCCOc1c2cc3ccccc3c1Cc1c(O)c(cc3ccccc13)Cc1cc3ccccc3c(c1OCCCC)Cc1c(O)cc(c3ccccc13)C2. The predicted molar refractivity (Wildman–Crippen MR) is 231 cm³/mol. The summed E-state index contributed by atoms with van der Waals surface area (Å²) in [5, 5.41) is 33.4. The average Bonchev–Trinajstić information content (AvgIpc) is 3.22. The molecule has 0 atom stereocenters. The molecular weight excluding hydrogens is 689 g/mol. The quantitative estimate of drug-likeness (QED) is 0.153. The molecule has 2 aliphatic rings. The number of aromatic hydroxyl groups is 2. The first-order chi connectivity index (χ1) is 27.5. The van der Waals surface area contributed by atoms with Gasteiger partial charge in [-0.25, -0.2) is 0 Å². The van der Waals surface area contributed by atoms with E-state index in [0.717, 1.165) is 125 Å². The van der Waals surface area contributed by atoms with Crippen LogP contribution in [0, 0.1) is 0 Å². The molecule has 0 aromatic heterocycles. The van der Waals surface area contributed by atoms with Gasteiger partial charge in [-0.1, -0.05) is 124 Å². The van der Waals surface area contributed by atoms with Crippen molar-refractivity contribution < 1.29 is 19.7 Å². The van der Waals surface area contributed by atoms with Gasteiger partial charge in [0.05, 0.1) is 13.2 Å². The van der Waals surface area contributed by atoms with E-state index in [-0.39, 0.29) is 5.75 Å². The molecule has 8 aromatic carbocycles. The Balaban J connectivity index is 1.39. The van der Waals surface area contributed by atoms with Gasteiger partial charge in [0.25, 0.3) is 0 Å². The van der Waals surface area contributed by atoms with Gasteiger partial charge < -0.3 is 19.7 Å². The number of fused-ring (bicyclic) bond motifs is 4. The molecule has 0 saturated carbocycles. The van der Waals surface area contributed by atoms with Crippen molar-refractivity contribution in [3.8, 4) is 23.0 Å². The summed E-state index contributed by atoms with van der Waals surface area (Å²) in [4.78, 5) is 0. The molecule has 0 heterocycles. The molecule has 4 heteroatoms. The van der Waals surface area contributed by atoms with Crippen LogP contribution in [0.4, 0.5) is 0 Å². The number of unbranched alkanes of at least 4 members (excludes halogenated alkanes) is 2. The normalized spacial score (nSPS) is 12.8. The van der Waals surface area contributed by atoms with Gasteiger partial charge in [-0.3, -0.25) is 0 Å². The number of phenols is 2. The Morgan fingerprint density at radius 3 is 1.39 bits per heavy atom. The first-order valence-electron chi connectivity index (χ1n) is 20.3. The second kappa shape index (κ2) is 15.3. The highest BCUT2D eigenvalue weighted by atomic mass is 16.5. The molecule has 0 saturated heterocycles. The van der Waals surface area contributed by atoms with Crippen LogP contribution in [0.2, 0.25) is 0 Å². The fraction of sp³-hybridized carbons (Fsp3) is 0.231. The topological polar surface area (TPSA) is 58.9 Å². The van der Waals surface area contributed by atoms with Crippen molar-refractivity contribution in [3.05, 3.63) is 166 Å². The Labute approximate surface area is 329 Å². The minimum absolute atomic E-state index is 0.280. The molecule has 0 fully saturated rings. The maximum Gasteiger partial charge on any atom is 0.126 e. The Bertz CT molecular complexity index is 2760. The third-order valence-electron chi connectivity index (χ3n) is 11.7. The van der Waals surface area contributed by atoms with Gasteiger partial charge in [0.15, 0.2) is 0 Å². The molecule has 2 aliphatic carbocycles. The minimum atomic E-state index is 0.280. The fourth-order valence-electron chi connectivity index (χ4n) is 8.92. The van der Waals surface area contributed by atoms with E-state index in [1.165, 1.54) is 0 Å². The van der Waals surface area contributed by atoms with Crippen molar-refractivity contribution in [2.45, 2.75) is 65.2 Å². The van der Waals surface area contributed by atoms with Crippen molar-refractivity contribution in [3.63, 3.8) is 0 Å². The van der Waals surface area contributed by atoms with Gasteiger partial charge in [0, 0.05) is 47.9 Å². The van der Waals surface area contributed by atoms with Crippen LogP contribution in [0.1, 0.15) is 84.0 Å². The van der Waals surface area contributed by atoms with Crippen LogP contribution in [-0.2, 0) is 25.7 Å². The molecule has 0 spiro atoms. The lowest BCUT2D eigenvalue weighted by Crippen LogP contribution is -2.07. The van der Waals surface area contributed by atoms with Crippen molar-refractivity contribution in [2.75, 3.05) is 13.2 Å². The number of rotatable bonds is 8. The largest absolute Gasteiger partial charge is 0.508 e. The van der Waals surface area contributed by atoms with E-state index >= 15 is 0 Å². The molecule has 2 N–H and O–H groups in total.